The first-order valence-electron chi connectivity index (χ1n) is 8.57. The number of carbonyl (C=O) groups excluding carboxylic acids is 2. The molecule has 2 heterocycles. The maximum atomic E-state index is 12.8. The first-order valence-corrected chi connectivity index (χ1v) is 8.57. The van der Waals surface area contributed by atoms with E-state index in [1.807, 2.05) is 16.7 Å². The molecule has 5 nitrogen and oxygen atoms in total. The molecule has 21 heavy (non-hydrogen) atoms. The summed E-state index contributed by atoms with van der Waals surface area (Å²) in [6, 6.07) is 0.0223. The third kappa shape index (κ3) is 2.74. The van der Waals surface area contributed by atoms with Crippen molar-refractivity contribution in [1.29, 1.82) is 0 Å². The molecule has 2 unspecified atom stereocenters. The third-order valence-electron chi connectivity index (χ3n) is 5.35. The Balaban J connectivity index is 1.78. The maximum absolute atomic E-state index is 12.8. The molecular weight excluding hydrogens is 266 g/mol. The van der Waals surface area contributed by atoms with Gasteiger partial charge in [0.15, 0.2) is 0 Å². The van der Waals surface area contributed by atoms with Crippen LogP contribution in [0.25, 0.3) is 0 Å². The lowest BCUT2D eigenvalue weighted by molar-refractivity contribution is -0.134. The van der Waals surface area contributed by atoms with E-state index < -0.39 is 0 Å². The average Bonchev–Trinajstić information content (AvgIpc) is 3.14. The predicted molar refractivity (Wildman–Crippen MR) is 80.9 cm³/mol. The molecule has 2 aliphatic heterocycles. The van der Waals surface area contributed by atoms with Crippen molar-refractivity contribution in [3.05, 3.63) is 0 Å². The number of hydrogen-bond acceptors (Lipinski definition) is 2. The molecule has 1 aliphatic carbocycles. The minimum Gasteiger partial charge on any atom is -0.341 e. The molecule has 0 aromatic rings. The van der Waals surface area contributed by atoms with Crippen LogP contribution in [-0.4, -0.2) is 53.5 Å². The van der Waals surface area contributed by atoms with Crippen LogP contribution in [0.3, 0.4) is 0 Å². The van der Waals surface area contributed by atoms with Crippen molar-refractivity contribution in [1.82, 2.24) is 15.1 Å². The average molecular weight is 293 g/mol. The van der Waals surface area contributed by atoms with Gasteiger partial charge in [0.2, 0.25) is 5.91 Å². The lowest BCUT2D eigenvalue weighted by Crippen LogP contribution is -2.53. The minimum atomic E-state index is -0.220. The van der Waals surface area contributed by atoms with Crippen LogP contribution in [-0.2, 0) is 4.79 Å². The number of fused-ring (bicyclic) bond motifs is 1. The van der Waals surface area contributed by atoms with Crippen LogP contribution in [0, 0.1) is 5.92 Å². The molecule has 5 heteroatoms. The number of nitrogens with zero attached hydrogens (tertiary/aromatic N) is 2. The molecule has 3 amide bonds. The zero-order valence-electron chi connectivity index (χ0n) is 13.0. The molecule has 2 saturated heterocycles. The molecular formula is C16H27N3O2. The number of likely N-dealkylation sites (tertiary alicyclic amines) is 2. The Hall–Kier alpha value is -1.26. The Bertz CT molecular complexity index is 406. The lowest BCUT2D eigenvalue weighted by atomic mass is 9.85. The van der Waals surface area contributed by atoms with Crippen LogP contribution in [0.15, 0.2) is 0 Å². The van der Waals surface area contributed by atoms with Gasteiger partial charge in [0.1, 0.15) is 6.04 Å². The highest BCUT2D eigenvalue weighted by atomic mass is 16.2. The topological polar surface area (TPSA) is 52.7 Å². The number of hydrogen-bond donors (Lipinski definition) is 1. The van der Waals surface area contributed by atoms with Crippen molar-refractivity contribution in [2.75, 3.05) is 19.6 Å². The van der Waals surface area contributed by atoms with E-state index in [2.05, 4.69) is 5.32 Å². The molecule has 0 aromatic carbocycles. The third-order valence-corrected chi connectivity index (χ3v) is 5.35. The molecule has 3 aliphatic rings. The monoisotopic (exact) mass is 293 g/mol. The van der Waals surface area contributed by atoms with Gasteiger partial charge in [-0.3, -0.25) is 4.79 Å². The van der Waals surface area contributed by atoms with Gasteiger partial charge in [-0.15, -0.1) is 0 Å². The van der Waals surface area contributed by atoms with Crippen LogP contribution in [0.4, 0.5) is 4.79 Å². The normalized spacial score (nSPS) is 32.1. The number of urea groups is 1. The van der Waals surface area contributed by atoms with Gasteiger partial charge in [0.25, 0.3) is 0 Å². The van der Waals surface area contributed by atoms with Crippen LogP contribution in [0.1, 0.15) is 51.9 Å². The Morgan fingerprint density at radius 2 is 1.81 bits per heavy atom. The molecule has 0 bridgehead atoms. The first-order chi connectivity index (χ1) is 10.2. The number of nitrogens with one attached hydrogen (secondary N) is 1. The molecule has 0 radical (unpaired) electrons. The summed E-state index contributed by atoms with van der Waals surface area (Å²) < 4.78 is 0. The summed E-state index contributed by atoms with van der Waals surface area (Å²) in [5, 5.41) is 2.91. The van der Waals surface area contributed by atoms with E-state index in [1.165, 1.54) is 19.3 Å². The molecule has 3 rings (SSSR count). The second-order valence-corrected chi connectivity index (χ2v) is 6.64. The summed E-state index contributed by atoms with van der Waals surface area (Å²) >= 11 is 0. The fourth-order valence-corrected chi connectivity index (χ4v) is 4.36. The fourth-order valence-electron chi connectivity index (χ4n) is 4.36. The van der Waals surface area contributed by atoms with E-state index in [-0.39, 0.29) is 24.0 Å². The summed E-state index contributed by atoms with van der Waals surface area (Å²) in [4.78, 5) is 29.2. The van der Waals surface area contributed by atoms with Crippen molar-refractivity contribution < 1.29 is 9.59 Å². The number of carbonyl (C=O) groups is 2. The van der Waals surface area contributed by atoms with E-state index in [1.54, 1.807) is 0 Å². The van der Waals surface area contributed by atoms with Gasteiger partial charge in [-0.2, -0.15) is 0 Å². The molecule has 3 fully saturated rings. The summed E-state index contributed by atoms with van der Waals surface area (Å²) in [6.07, 6.45) is 7.74. The summed E-state index contributed by atoms with van der Waals surface area (Å²) in [7, 11) is 0. The summed E-state index contributed by atoms with van der Waals surface area (Å²) in [5.41, 5.74) is 0. The van der Waals surface area contributed by atoms with Crippen molar-refractivity contribution in [3.8, 4) is 0 Å². The summed E-state index contributed by atoms with van der Waals surface area (Å²) in [6.45, 7) is 4.29. The van der Waals surface area contributed by atoms with Gasteiger partial charge in [0.05, 0.1) is 0 Å². The van der Waals surface area contributed by atoms with Crippen LogP contribution >= 0.6 is 0 Å². The lowest BCUT2D eigenvalue weighted by Gasteiger charge is -2.34. The second-order valence-electron chi connectivity index (χ2n) is 6.64. The van der Waals surface area contributed by atoms with Crippen molar-refractivity contribution in [2.45, 2.75) is 64.0 Å². The first kappa shape index (κ1) is 14.7. The zero-order chi connectivity index (χ0) is 14.8. The van der Waals surface area contributed by atoms with Gasteiger partial charge in [0, 0.05) is 25.7 Å². The van der Waals surface area contributed by atoms with Gasteiger partial charge in [-0.25, -0.2) is 4.79 Å². The fraction of sp³-hybridized carbons (Fsp3) is 0.875. The summed E-state index contributed by atoms with van der Waals surface area (Å²) in [5.74, 6) is 0.714. The quantitative estimate of drug-likeness (QED) is 0.846. The minimum absolute atomic E-state index is 0.0375. The Labute approximate surface area is 127 Å². The number of amides is 3. The van der Waals surface area contributed by atoms with E-state index in [0.717, 1.165) is 38.8 Å². The zero-order valence-corrected chi connectivity index (χ0v) is 13.0. The van der Waals surface area contributed by atoms with E-state index in [9.17, 15) is 9.59 Å². The van der Waals surface area contributed by atoms with Crippen LogP contribution in [0.5, 0.6) is 0 Å². The van der Waals surface area contributed by atoms with Crippen LogP contribution in [0.2, 0.25) is 0 Å². The smallest absolute Gasteiger partial charge is 0.318 e. The molecule has 1 saturated carbocycles. The van der Waals surface area contributed by atoms with Gasteiger partial charge in [-0.05, 0) is 44.9 Å². The Morgan fingerprint density at radius 1 is 1.10 bits per heavy atom. The van der Waals surface area contributed by atoms with Gasteiger partial charge < -0.3 is 15.1 Å². The maximum Gasteiger partial charge on any atom is 0.318 e. The van der Waals surface area contributed by atoms with Gasteiger partial charge >= 0.3 is 6.03 Å². The standard InChI is InChI=1S/C16H27N3O2/c1-2-17-16(21)19-13-8-4-3-7-12(13)11-14(19)15(20)18-9-5-6-10-18/h12-14H,2-11H2,1H3,(H,17,21)/t12?,13?,14-/m0/s1. The van der Waals surface area contributed by atoms with Crippen molar-refractivity contribution in [3.63, 3.8) is 0 Å². The largest absolute Gasteiger partial charge is 0.341 e. The van der Waals surface area contributed by atoms with Crippen molar-refractivity contribution >= 4 is 11.9 Å². The molecule has 0 spiro atoms. The molecule has 3 atom stereocenters. The van der Waals surface area contributed by atoms with Crippen LogP contribution < -0.4 is 5.32 Å². The van der Waals surface area contributed by atoms with E-state index in [4.69, 9.17) is 0 Å². The SMILES string of the molecule is CCNC(=O)N1C2CCCCC2C[C@H]1C(=O)N1CCCC1. The Morgan fingerprint density at radius 3 is 2.52 bits per heavy atom. The second kappa shape index (κ2) is 6.24. The number of rotatable bonds is 2. The van der Waals surface area contributed by atoms with Gasteiger partial charge in [-0.1, -0.05) is 12.8 Å². The van der Waals surface area contributed by atoms with E-state index >= 15 is 0 Å². The highest BCUT2D eigenvalue weighted by Gasteiger charge is 2.48. The van der Waals surface area contributed by atoms with E-state index in [0.29, 0.717) is 12.5 Å². The highest BCUT2D eigenvalue weighted by Crippen LogP contribution is 2.40. The predicted octanol–water partition coefficient (Wildman–Crippen LogP) is 1.97. The highest BCUT2D eigenvalue weighted by molar-refractivity contribution is 5.88. The molecule has 0 aromatic heterocycles. The molecule has 1 N–H and O–H groups in total. The molecule has 118 valence electrons. The Kier molecular flexibility index (Phi) is 4.36. The van der Waals surface area contributed by atoms with Crippen molar-refractivity contribution in [2.24, 2.45) is 5.92 Å².